The van der Waals surface area contributed by atoms with E-state index in [1.165, 1.54) is 5.56 Å². The van der Waals surface area contributed by atoms with Crippen LogP contribution in [0.15, 0.2) is 24.3 Å². The molecule has 1 atom stereocenters. The van der Waals surface area contributed by atoms with Crippen molar-refractivity contribution in [3.63, 3.8) is 0 Å². The molecule has 2 saturated carbocycles. The summed E-state index contributed by atoms with van der Waals surface area (Å²) >= 11 is 7.58. The molecule has 5 heteroatoms. The van der Waals surface area contributed by atoms with E-state index in [9.17, 15) is 9.90 Å². The van der Waals surface area contributed by atoms with Gasteiger partial charge in [0.05, 0.1) is 0 Å². The van der Waals surface area contributed by atoms with Crippen molar-refractivity contribution in [1.29, 1.82) is 0 Å². The zero-order valence-corrected chi connectivity index (χ0v) is 13.4. The van der Waals surface area contributed by atoms with E-state index < -0.39 is 11.5 Å². The average molecular weight is 326 g/mol. The van der Waals surface area contributed by atoms with E-state index in [-0.39, 0.29) is 0 Å². The maximum atomic E-state index is 11.9. The van der Waals surface area contributed by atoms with Gasteiger partial charge in [-0.3, -0.25) is 10.1 Å². The molecule has 1 aromatic carbocycles. The van der Waals surface area contributed by atoms with E-state index in [2.05, 4.69) is 5.32 Å². The Hall–Kier alpha value is -0.710. The fourth-order valence-corrected chi connectivity index (χ4v) is 4.07. The second-order valence-corrected chi connectivity index (χ2v) is 7.51. The van der Waals surface area contributed by atoms with Crippen LogP contribution in [0.1, 0.15) is 31.2 Å². The summed E-state index contributed by atoms with van der Waals surface area (Å²) in [7, 11) is 0. The Kier molecular flexibility index (Phi) is 4.48. The van der Waals surface area contributed by atoms with Crippen molar-refractivity contribution in [3.05, 3.63) is 34.9 Å². The largest absolute Gasteiger partial charge is 0.480 e. The Morgan fingerprint density at radius 3 is 2.48 bits per heavy atom. The number of benzene rings is 1. The Morgan fingerprint density at radius 2 is 1.95 bits per heavy atom. The van der Waals surface area contributed by atoms with Gasteiger partial charge in [0.25, 0.3) is 0 Å². The Labute approximate surface area is 134 Å². The van der Waals surface area contributed by atoms with Crippen molar-refractivity contribution in [2.45, 2.75) is 43.0 Å². The summed E-state index contributed by atoms with van der Waals surface area (Å²) in [5.41, 5.74) is 0.462. The first kappa shape index (κ1) is 15.2. The first-order chi connectivity index (χ1) is 10.1. The molecule has 0 heterocycles. The molecule has 2 aliphatic carbocycles. The minimum atomic E-state index is -0.724. The molecule has 3 rings (SSSR count). The summed E-state index contributed by atoms with van der Waals surface area (Å²) in [6.45, 7) is 0. The Morgan fingerprint density at radius 1 is 1.29 bits per heavy atom. The van der Waals surface area contributed by atoms with E-state index in [1.807, 2.05) is 24.3 Å². The molecule has 3 nitrogen and oxygen atoms in total. The van der Waals surface area contributed by atoms with Crippen molar-refractivity contribution in [2.24, 2.45) is 5.92 Å². The highest BCUT2D eigenvalue weighted by atomic mass is 35.5. The van der Waals surface area contributed by atoms with E-state index >= 15 is 0 Å². The molecule has 0 saturated heterocycles. The smallest absolute Gasteiger partial charge is 0.325 e. The fourth-order valence-electron chi connectivity index (χ4n) is 2.65. The van der Waals surface area contributed by atoms with Crippen LogP contribution >= 0.6 is 23.4 Å². The number of hydrogen-bond donors (Lipinski definition) is 2. The topological polar surface area (TPSA) is 49.3 Å². The monoisotopic (exact) mass is 325 g/mol. The lowest BCUT2D eigenvalue weighted by atomic mass is 9.95. The van der Waals surface area contributed by atoms with Gasteiger partial charge >= 0.3 is 5.97 Å². The van der Waals surface area contributed by atoms with Crippen LogP contribution in [-0.2, 0) is 10.5 Å². The van der Waals surface area contributed by atoms with E-state index in [1.54, 1.807) is 11.8 Å². The maximum absolute atomic E-state index is 11.9. The normalized spacial score (nSPS) is 21.0. The standard InChI is InChI=1S/C16H20ClNO2S/c17-13-5-1-11(2-6-13)9-21-10-16(15(19)20,12-3-4-12)18-14-7-8-14/h1-2,5-6,12,14,18H,3-4,7-10H2,(H,19,20). The van der Waals surface area contributed by atoms with Crippen LogP contribution in [0.4, 0.5) is 0 Å². The number of nitrogens with one attached hydrogen (secondary N) is 1. The summed E-state index contributed by atoms with van der Waals surface area (Å²) in [5, 5.41) is 13.9. The van der Waals surface area contributed by atoms with Crippen molar-refractivity contribution in [3.8, 4) is 0 Å². The SMILES string of the molecule is O=C(O)C(CSCc1ccc(Cl)cc1)(NC1CC1)C1CC1. The zero-order chi connectivity index (χ0) is 14.9. The third-order valence-corrected chi connectivity index (χ3v) is 5.66. The van der Waals surface area contributed by atoms with Crippen LogP contribution in [0, 0.1) is 5.92 Å². The molecular formula is C16H20ClNO2S. The van der Waals surface area contributed by atoms with Gasteiger partial charge in [0.1, 0.15) is 5.54 Å². The number of hydrogen-bond acceptors (Lipinski definition) is 3. The van der Waals surface area contributed by atoms with Crippen LogP contribution in [0.5, 0.6) is 0 Å². The van der Waals surface area contributed by atoms with E-state index in [0.29, 0.717) is 17.7 Å². The van der Waals surface area contributed by atoms with Gasteiger partial charge in [-0.15, -0.1) is 0 Å². The Balaban J connectivity index is 1.61. The third kappa shape index (κ3) is 3.74. The summed E-state index contributed by atoms with van der Waals surface area (Å²) in [6, 6.07) is 8.18. The number of carboxylic acid groups (broad SMARTS) is 1. The minimum absolute atomic E-state index is 0.299. The fraction of sp³-hybridized carbons (Fsp3) is 0.562. The molecule has 0 aliphatic heterocycles. The number of rotatable bonds is 8. The van der Waals surface area contributed by atoms with Gasteiger partial charge in [-0.25, -0.2) is 0 Å². The van der Waals surface area contributed by atoms with Gasteiger partial charge in [0, 0.05) is 22.6 Å². The van der Waals surface area contributed by atoms with Gasteiger partial charge in [-0.2, -0.15) is 11.8 Å². The van der Waals surface area contributed by atoms with Crippen molar-refractivity contribution >= 4 is 29.3 Å². The maximum Gasteiger partial charge on any atom is 0.325 e. The van der Waals surface area contributed by atoms with Crippen molar-refractivity contribution in [2.75, 3.05) is 5.75 Å². The van der Waals surface area contributed by atoms with Crippen molar-refractivity contribution in [1.82, 2.24) is 5.32 Å². The quantitative estimate of drug-likeness (QED) is 0.767. The molecule has 0 aromatic heterocycles. The summed E-state index contributed by atoms with van der Waals surface area (Å²) in [4.78, 5) is 11.9. The highest BCUT2D eigenvalue weighted by Crippen LogP contribution is 2.43. The van der Waals surface area contributed by atoms with Crippen LogP contribution < -0.4 is 5.32 Å². The van der Waals surface area contributed by atoms with Crippen LogP contribution in [-0.4, -0.2) is 28.4 Å². The molecular weight excluding hydrogens is 306 g/mol. The number of thioether (sulfide) groups is 1. The molecule has 0 spiro atoms. The predicted octanol–water partition coefficient (Wildman–Crippen LogP) is 3.56. The highest BCUT2D eigenvalue weighted by molar-refractivity contribution is 7.98. The molecule has 0 bridgehead atoms. The molecule has 1 aromatic rings. The molecule has 21 heavy (non-hydrogen) atoms. The third-order valence-electron chi connectivity index (χ3n) is 4.21. The number of aliphatic carboxylic acids is 1. The van der Waals surface area contributed by atoms with Gasteiger partial charge in [0.15, 0.2) is 0 Å². The first-order valence-corrected chi connectivity index (χ1v) is 8.97. The zero-order valence-electron chi connectivity index (χ0n) is 11.8. The number of halogens is 1. The van der Waals surface area contributed by atoms with Gasteiger partial charge < -0.3 is 5.11 Å². The van der Waals surface area contributed by atoms with Gasteiger partial charge in [-0.05, 0) is 49.3 Å². The summed E-state index contributed by atoms with van der Waals surface area (Å²) in [6.07, 6.45) is 4.30. The van der Waals surface area contributed by atoms with E-state index in [0.717, 1.165) is 36.5 Å². The number of carboxylic acids is 1. The summed E-state index contributed by atoms with van der Waals surface area (Å²) in [5.74, 6) is 1.08. The average Bonchev–Trinajstić information content (AvgIpc) is 3.33. The molecule has 2 fully saturated rings. The molecule has 114 valence electrons. The number of carbonyl (C=O) groups is 1. The lowest BCUT2D eigenvalue weighted by molar-refractivity contribution is -0.145. The van der Waals surface area contributed by atoms with Gasteiger partial charge in [0.2, 0.25) is 0 Å². The molecule has 2 N–H and O–H groups in total. The molecule has 0 radical (unpaired) electrons. The Bertz CT molecular complexity index is 514. The minimum Gasteiger partial charge on any atom is -0.480 e. The molecule has 2 aliphatic rings. The lowest BCUT2D eigenvalue weighted by Crippen LogP contribution is -2.57. The van der Waals surface area contributed by atoms with Crippen LogP contribution in [0.3, 0.4) is 0 Å². The molecule has 1 unspecified atom stereocenters. The van der Waals surface area contributed by atoms with Crippen LogP contribution in [0.25, 0.3) is 0 Å². The highest BCUT2D eigenvalue weighted by Gasteiger charge is 2.52. The van der Waals surface area contributed by atoms with Gasteiger partial charge in [-0.1, -0.05) is 23.7 Å². The van der Waals surface area contributed by atoms with E-state index in [4.69, 9.17) is 11.6 Å². The molecule has 0 amide bonds. The predicted molar refractivity (Wildman–Crippen MR) is 86.9 cm³/mol. The first-order valence-electron chi connectivity index (χ1n) is 7.43. The lowest BCUT2D eigenvalue weighted by Gasteiger charge is -2.30. The second-order valence-electron chi connectivity index (χ2n) is 6.09. The summed E-state index contributed by atoms with van der Waals surface area (Å²) < 4.78 is 0. The van der Waals surface area contributed by atoms with Crippen molar-refractivity contribution < 1.29 is 9.90 Å². The second kappa shape index (κ2) is 6.19. The van der Waals surface area contributed by atoms with Crippen LogP contribution in [0.2, 0.25) is 5.02 Å².